The van der Waals surface area contributed by atoms with Crippen LogP contribution in [0.25, 0.3) is 22.0 Å². The summed E-state index contributed by atoms with van der Waals surface area (Å²) in [5, 5.41) is 18.5. The number of halogens is 3. The largest absolute Gasteiger partial charge is 0.444 e. The number of aromatic nitrogens is 3. The number of ether oxygens (including phenoxy) is 1. The van der Waals surface area contributed by atoms with E-state index < -0.39 is 41.8 Å². The minimum Gasteiger partial charge on any atom is -0.444 e. The van der Waals surface area contributed by atoms with Gasteiger partial charge in [0, 0.05) is 41.2 Å². The topological polar surface area (TPSA) is 167 Å². The summed E-state index contributed by atoms with van der Waals surface area (Å²) in [4.78, 5) is 56.1. The number of aryl methyl sites for hydroxylation is 1. The molecule has 2 aromatic heterocycles. The van der Waals surface area contributed by atoms with Gasteiger partial charge in [-0.3, -0.25) is 19.5 Å². The third-order valence-electron chi connectivity index (χ3n) is 9.36. The number of carbonyl (C=O) groups excluding carboxylic acids is 4. The van der Waals surface area contributed by atoms with E-state index in [1.807, 2.05) is 35.6 Å². The first-order valence-corrected chi connectivity index (χ1v) is 17.9. The molecule has 4 amide bonds. The number of aromatic amines is 1. The van der Waals surface area contributed by atoms with Crippen LogP contribution in [0, 0.1) is 18.8 Å². The molecule has 2 atom stereocenters. The van der Waals surface area contributed by atoms with Gasteiger partial charge in [0.1, 0.15) is 23.4 Å². The summed E-state index contributed by atoms with van der Waals surface area (Å²) in [7, 11) is 0. The number of nitrogens with zero attached hydrogens (tertiary/aromatic N) is 2. The summed E-state index contributed by atoms with van der Waals surface area (Å²) in [6.07, 6.45) is -0.478. The third kappa shape index (κ3) is 10.8. The van der Waals surface area contributed by atoms with Gasteiger partial charge in [-0.05, 0) is 102 Å². The van der Waals surface area contributed by atoms with E-state index in [2.05, 4.69) is 31.1 Å². The van der Waals surface area contributed by atoms with Gasteiger partial charge in [-0.2, -0.15) is 18.3 Å². The van der Waals surface area contributed by atoms with Gasteiger partial charge in [0.25, 0.3) is 5.91 Å². The number of amides is 4. The predicted molar refractivity (Wildman–Crippen MR) is 197 cm³/mol. The molecule has 5 rings (SSSR count). The molecule has 2 heterocycles. The Morgan fingerprint density at radius 3 is 2.30 bits per heavy atom. The number of carbonyl (C=O) groups is 4. The molecule has 1 aliphatic rings. The van der Waals surface area contributed by atoms with Crippen LogP contribution >= 0.6 is 0 Å². The number of alkyl halides is 3. The number of nitrogens with one attached hydrogen (secondary N) is 5. The van der Waals surface area contributed by atoms with E-state index in [0.717, 1.165) is 41.8 Å². The molecule has 4 aromatic rings. The standard InChI is InChI=1S/C39H46F3N7O5/c1-22-30(16-17-31(45-22)35(51)46-23(2)39(40,41)42)26-10-6-24(7-11-26)18-33(36(52)47-29-15-14-28-21-44-49-32(28)19-29)48-34(50)27-12-8-25(9-13-27)20-43-37(53)54-38(3,4)5/h6-7,10-11,14-17,19,21,23,25,27,33H,8-9,12-13,18,20H2,1-5H3,(H,43,53)(H,44,49)(H,46,51)(H,47,52)(H,48,50). The molecule has 5 N–H and O–H groups in total. The predicted octanol–water partition coefficient (Wildman–Crippen LogP) is 6.61. The molecule has 12 nitrogen and oxygen atoms in total. The average molecular weight is 750 g/mol. The van der Waals surface area contributed by atoms with Crippen LogP contribution in [0.2, 0.25) is 0 Å². The van der Waals surface area contributed by atoms with Crippen LogP contribution in [0.3, 0.4) is 0 Å². The molecule has 2 unspecified atom stereocenters. The van der Waals surface area contributed by atoms with Crippen molar-refractivity contribution in [3.63, 3.8) is 0 Å². The highest BCUT2D eigenvalue weighted by atomic mass is 19.4. The van der Waals surface area contributed by atoms with Crippen molar-refractivity contribution in [2.24, 2.45) is 11.8 Å². The molecule has 1 saturated carbocycles. The number of alkyl carbamates (subject to hydrolysis) is 1. The highest BCUT2D eigenvalue weighted by Crippen LogP contribution is 2.29. The minimum atomic E-state index is -4.58. The van der Waals surface area contributed by atoms with Crippen molar-refractivity contribution in [2.75, 3.05) is 11.9 Å². The number of fused-ring (bicyclic) bond motifs is 1. The highest BCUT2D eigenvalue weighted by Gasteiger charge is 2.37. The Kier molecular flexibility index (Phi) is 12.3. The lowest BCUT2D eigenvalue weighted by atomic mass is 9.81. The quantitative estimate of drug-likeness (QED) is 0.115. The Morgan fingerprint density at radius 1 is 0.944 bits per heavy atom. The van der Waals surface area contributed by atoms with E-state index in [-0.39, 0.29) is 29.9 Å². The molecule has 54 heavy (non-hydrogen) atoms. The monoisotopic (exact) mass is 749 g/mol. The van der Waals surface area contributed by atoms with Crippen LogP contribution in [0.1, 0.15) is 75.1 Å². The zero-order valence-electron chi connectivity index (χ0n) is 30.9. The first kappa shape index (κ1) is 39.7. The second kappa shape index (κ2) is 16.7. The lowest BCUT2D eigenvalue weighted by Crippen LogP contribution is -2.48. The number of hydrogen-bond donors (Lipinski definition) is 5. The number of anilines is 1. The van der Waals surface area contributed by atoms with E-state index in [0.29, 0.717) is 36.3 Å². The second-order valence-electron chi connectivity index (χ2n) is 14.8. The maximum absolute atomic E-state index is 13.7. The summed E-state index contributed by atoms with van der Waals surface area (Å²) < 4.78 is 44.1. The molecular weight excluding hydrogens is 703 g/mol. The Labute approximate surface area is 311 Å². The molecule has 1 aliphatic carbocycles. The van der Waals surface area contributed by atoms with Crippen molar-refractivity contribution < 1.29 is 37.1 Å². The summed E-state index contributed by atoms with van der Waals surface area (Å²) in [6, 6.07) is 12.7. The lowest BCUT2D eigenvalue weighted by molar-refractivity contribution is -0.149. The van der Waals surface area contributed by atoms with Crippen LogP contribution in [-0.2, 0) is 20.7 Å². The zero-order chi connectivity index (χ0) is 39.2. The fourth-order valence-corrected chi connectivity index (χ4v) is 6.31. The van der Waals surface area contributed by atoms with E-state index in [1.54, 1.807) is 52.1 Å². The fraction of sp³-hybridized carbons (Fsp3) is 0.436. The van der Waals surface area contributed by atoms with E-state index in [9.17, 15) is 32.3 Å². The van der Waals surface area contributed by atoms with Crippen LogP contribution in [0.5, 0.6) is 0 Å². The van der Waals surface area contributed by atoms with Crippen LogP contribution in [0.15, 0.2) is 60.8 Å². The van der Waals surface area contributed by atoms with Crippen LogP contribution in [0.4, 0.5) is 23.7 Å². The Bertz CT molecular complexity index is 1970. The van der Waals surface area contributed by atoms with Gasteiger partial charge >= 0.3 is 12.3 Å². The number of pyridine rings is 1. The van der Waals surface area contributed by atoms with Crippen molar-refractivity contribution >= 4 is 40.4 Å². The maximum atomic E-state index is 13.7. The molecule has 0 saturated heterocycles. The Balaban J connectivity index is 1.25. The molecular formula is C39H46F3N7O5. The van der Waals surface area contributed by atoms with Gasteiger partial charge in [0.05, 0.1) is 11.7 Å². The van der Waals surface area contributed by atoms with Gasteiger partial charge in [-0.25, -0.2) is 9.78 Å². The normalized spacial score (nSPS) is 17.3. The summed E-state index contributed by atoms with van der Waals surface area (Å²) in [6.45, 7) is 8.39. The van der Waals surface area contributed by atoms with Crippen molar-refractivity contribution in [3.8, 4) is 11.1 Å². The lowest BCUT2D eigenvalue weighted by Gasteiger charge is -2.29. The molecule has 0 radical (unpaired) electrons. The molecule has 288 valence electrons. The van der Waals surface area contributed by atoms with Gasteiger partial charge in [-0.1, -0.05) is 30.3 Å². The Hall–Kier alpha value is -5.47. The minimum absolute atomic E-state index is 0.133. The number of H-pyrrole nitrogens is 1. The highest BCUT2D eigenvalue weighted by molar-refractivity contribution is 5.99. The SMILES string of the molecule is Cc1nc(C(=O)NC(C)C(F)(F)F)ccc1-c1ccc(CC(NC(=O)C2CCC(CNC(=O)OC(C)(C)C)CC2)C(=O)Nc2ccc3cn[nH]c3c2)cc1. The van der Waals surface area contributed by atoms with Gasteiger partial charge < -0.3 is 26.0 Å². The smallest absolute Gasteiger partial charge is 0.408 e. The van der Waals surface area contributed by atoms with Crippen molar-refractivity contribution in [3.05, 3.63) is 77.7 Å². The van der Waals surface area contributed by atoms with Crippen LogP contribution < -0.4 is 21.3 Å². The first-order chi connectivity index (χ1) is 25.4. The van der Waals surface area contributed by atoms with Crippen molar-refractivity contribution in [1.82, 2.24) is 31.1 Å². The summed E-state index contributed by atoms with van der Waals surface area (Å²) >= 11 is 0. The summed E-state index contributed by atoms with van der Waals surface area (Å²) in [5.74, 6) is -1.62. The molecule has 1 fully saturated rings. The van der Waals surface area contributed by atoms with E-state index in [1.165, 1.54) is 6.07 Å². The Morgan fingerprint density at radius 2 is 1.65 bits per heavy atom. The fourth-order valence-electron chi connectivity index (χ4n) is 6.31. The van der Waals surface area contributed by atoms with Crippen molar-refractivity contribution in [1.29, 1.82) is 0 Å². The summed E-state index contributed by atoms with van der Waals surface area (Å²) in [5.41, 5.74) is 3.20. The van der Waals surface area contributed by atoms with Crippen molar-refractivity contribution in [2.45, 2.75) is 90.6 Å². The number of hydrogen-bond acceptors (Lipinski definition) is 7. The van der Waals surface area contributed by atoms with Gasteiger partial charge in [0.15, 0.2) is 0 Å². The van der Waals surface area contributed by atoms with Crippen LogP contribution in [-0.4, -0.2) is 69.4 Å². The second-order valence-corrected chi connectivity index (χ2v) is 14.8. The molecule has 2 aromatic carbocycles. The third-order valence-corrected chi connectivity index (χ3v) is 9.36. The maximum Gasteiger partial charge on any atom is 0.408 e. The average Bonchev–Trinajstić information content (AvgIpc) is 3.58. The van der Waals surface area contributed by atoms with Gasteiger partial charge in [-0.15, -0.1) is 0 Å². The van der Waals surface area contributed by atoms with E-state index in [4.69, 9.17) is 4.74 Å². The zero-order valence-corrected chi connectivity index (χ0v) is 30.9. The molecule has 15 heteroatoms. The molecule has 0 bridgehead atoms. The number of benzene rings is 2. The first-order valence-electron chi connectivity index (χ1n) is 17.9. The van der Waals surface area contributed by atoms with E-state index >= 15 is 0 Å². The molecule has 0 aliphatic heterocycles. The van der Waals surface area contributed by atoms with Gasteiger partial charge in [0.2, 0.25) is 11.8 Å². The molecule has 0 spiro atoms. The number of rotatable bonds is 11.